The second kappa shape index (κ2) is 7.22. The lowest BCUT2D eigenvalue weighted by Gasteiger charge is -2.17. The molecule has 0 aliphatic heterocycles. The van der Waals surface area contributed by atoms with Crippen LogP contribution >= 0.6 is 0 Å². The number of rotatable bonds is 6. The maximum Gasteiger partial charge on any atom is 0.273 e. The minimum absolute atomic E-state index is 0.179. The largest absolute Gasteiger partial charge is 0.388 e. The molecule has 5 heteroatoms. The van der Waals surface area contributed by atoms with E-state index >= 15 is 0 Å². The smallest absolute Gasteiger partial charge is 0.273 e. The number of benzene rings is 1. The van der Waals surface area contributed by atoms with Crippen LogP contribution in [0.3, 0.4) is 0 Å². The van der Waals surface area contributed by atoms with Crippen molar-refractivity contribution in [3.05, 3.63) is 53.4 Å². The highest BCUT2D eigenvalue weighted by Gasteiger charge is 2.18. The van der Waals surface area contributed by atoms with Gasteiger partial charge in [0, 0.05) is 18.0 Å². The molecule has 0 spiro atoms. The summed E-state index contributed by atoms with van der Waals surface area (Å²) in [5.41, 5.74) is 1.11. The van der Waals surface area contributed by atoms with Crippen LogP contribution in [0.1, 0.15) is 61.0 Å². The Morgan fingerprint density at radius 1 is 1.27 bits per heavy atom. The molecule has 0 fully saturated rings. The molecule has 0 saturated carbocycles. The van der Waals surface area contributed by atoms with Crippen LogP contribution in [0.15, 0.2) is 40.9 Å². The van der Waals surface area contributed by atoms with E-state index < -0.39 is 6.10 Å². The molecule has 22 heavy (non-hydrogen) atoms. The van der Waals surface area contributed by atoms with Crippen molar-refractivity contribution in [2.45, 2.75) is 45.3 Å². The van der Waals surface area contributed by atoms with Crippen LogP contribution in [0.2, 0.25) is 0 Å². The first-order valence-electron chi connectivity index (χ1n) is 7.48. The maximum atomic E-state index is 12.1. The molecule has 5 nitrogen and oxygen atoms in total. The SMILES string of the molecule is CC(CC(O)c1ccccc1)NC(=O)c1cc(C(C)C)on1. The van der Waals surface area contributed by atoms with Crippen LogP contribution in [-0.4, -0.2) is 22.2 Å². The van der Waals surface area contributed by atoms with Crippen LogP contribution in [0.4, 0.5) is 0 Å². The van der Waals surface area contributed by atoms with Crippen LogP contribution < -0.4 is 5.32 Å². The summed E-state index contributed by atoms with van der Waals surface area (Å²) < 4.78 is 5.12. The minimum atomic E-state index is -0.611. The van der Waals surface area contributed by atoms with Gasteiger partial charge in [0.1, 0.15) is 5.76 Å². The van der Waals surface area contributed by atoms with Gasteiger partial charge in [0.05, 0.1) is 6.10 Å². The molecule has 2 aromatic rings. The zero-order valence-electron chi connectivity index (χ0n) is 13.1. The monoisotopic (exact) mass is 302 g/mol. The number of carbonyl (C=O) groups is 1. The van der Waals surface area contributed by atoms with E-state index in [0.29, 0.717) is 12.2 Å². The quantitative estimate of drug-likeness (QED) is 0.860. The number of hydrogen-bond donors (Lipinski definition) is 2. The Bertz CT molecular complexity index is 607. The molecule has 0 aliphatic carbocycles. The van der Waals surface area contributed by atoms with Gasteiger partial charge < -0.3 is 14.9 Å². The van der Waals surface area contributed by atoms with Crippen molar-refractivity contribution in [2.75, 3.05) is 0 Å². The Morgan fingerprint density at radius 2 is 1.95 bits per heavy atom. The van der Waals surface area contributed by atoms with E-state index in [4.69, 9.17) is 4.52 Å². The lowest BCUT2D eigenvalue weighted by Crippen LogP contribution is -2.34. The fourth-order valence-corrected chi connectivity index (χ4v) is 2.17. The fourth-order valence-electron chi connectivity index (χ4n) is 2.17. The fraction of sp³-hybridized carbons (Fsp3) is 0.412. The van der Waals surface area contributed by atoms with E-state index in [2.05, 4.69) is 10.5 Å². The maximum absolute atomic E-state index is 12.1. The summed E-state index contributed by atoms with van der Waals surface area (Å²) in [6.45, 7) is 5.80. The van der Waals surface area contributed by atoms with Gasteiger partial charge in [-0.3, -0.25) is 4.79 Å². The molecule has 0 radical (unpaired) electrons. The molecular weight excluding hydrogens is 280 g/mol. The molecule has 1 aromatic carbocycles. The Hall–Kier alpha value is -2.14. The molecule has 2 atom stereocenters. The zero-order chi connectivity index (χ0) is 16.1. The molecule has 0 saturated heterocycles. The van der Waals surface area contributed by atoms with E-state index in [1.165, 1.54) is 0 Å². The molecule has 0 bridgehead atoms. The summed E-state index contributed by atoms with van der Waals surface area (Å²) >= 11 is 0. The summed E-state index contributed by atoms with van der Waals surface area (Å²) in [5.74, 6) is 0.580. The van der Waals surface area contributed by atoms with Crippen molar-refractivity contribution < 1.29 is 14.4 Å². The lowest BCUT2D eigenvalue weighted by molar-refractivity contribution is 0.0908. The van der Waals surface area contributed by atoms with E-state index in [1.807, 2.05) is 51.1 Å². The molecule has 1 heterocycles. The van der Waals surface area contributed by atoms with Crippen LogP contribution in [0, 0.1) is 0 Å². The van der Waals surface area contributed by atoms with E-state index in [0.717, 1.165) is 5.56 Å². The summed E-state index contributed by atoms with van der Waals surface area (Å²) in [5, 5.41) is 16.8. The number of aromatic nitrogens is 1. The Balaban J connectivity index is 1.90. The minimum Gasteiger partial charge on any atom is -0.388 e. The third-order valence-corrected chi connectivity index (χ3v) is 3.47. The molecule has 0 aliphatic rings. The van der Waals surface area contributed by atoms with Gasteiger partial charge in [0.2, 0.25) is 0 Å². The van der Waals surface area contributed by atoms with E-state index in [1.54, 1.807) is 6.07 Å². The highest BCUT2D eigenvalue weighted by Crippen LogP contribution is 2.18. The van der Waals surface area contributed by atoms with Crippen molar-refractivity contribution in [3.63, 3.8) is 0 Å². The first kappa shape index (κ1) is 16.2. The first-order chi connectivity index (χ1) is 10.5. The summed E-state index contributed by atoms with van der Waals surface area (Å²) in [6, 6.07) is 10.9. The van der Waals surface area contributed by atoms with E-state index in [-0.39, 0.29) is 23.6 Å². The standard InChI is InChI=1S/C17H22N2O3/c1-11(2)16-10-14(19-22-16)17(21)18-12(3)9-15(20)13-7-5-4-6-8-13/h4-8,10-12,15,20H,9H2,1-3H3,(H,18,21). The van der Waals surface area contributed by atoms with Gasteiger partial charge in [-0.2, -0.15) is 0 Å². The van der Waals surface area contributed by atoms with Gasteiger partial charge in [0.25, 0.3) is 5.91 Å². The average Bonchev–Trinajstić information content (AvgIpc) is 2.98. The van der Waals surface area contributed by atoms with Gasteiger partial charge >= 0.3 is 0 Å². The van der Waals surface area contributed by atoms with Crippen molar-refractivity contribution >= 4 is 5.91 Å². The molecule has 2 N–H and O–H groups in total. The molecule has 1 amide bonds. The topological polar surface area (TPSA) is 75.4 Å². The van der Waals surface area contributed by atoms with Gasteiger partial charge in [-0.15, -0.1) is 0 Å². The van der Waals surface area contributed by atoms with Crippen molar-refractivity contribution in [2.24, 2.45) is 0 Å². The number of aliphatic hydroxyl groups excluding tert-OH is 1. The lowest BCUT2D eigenvalue weighted by atomic mass is 10.0. The van der Waals surface area contributed by atoms with Gasteiger partial charge in [0.15, 0.2) is 5.69 Å². The predicted octanol–water partition coefficient (Wildman–Crippen LogP) is 3.04. The zero-order valence-corrected chi connectivity index (χ0v) is 13.1. The van der Waals surface area contributed by atoms with Crippen LogP contribution in [0.5, 0.6) is 0 Å². The van der Waals surface area contributed by atoms with Crippen molar-refractivity contribution in [1.82, 2.24) is 10.5 Å². The number of carbonyl (C=O) groups excluding carboxylic acids is 1. The second-order valence-electron chi connectivity index (χ2n) is 5.81. The molecule has 2 rings (SSSR count). The third kappa shape index (κ3) is 4.18. The van der Waals surface area contributed by atoms with Gasteiger partial charge in [-0.05, 0) is 18.9 Å². The molecule has 1 aromatic heterocycles. The van der Waals surface area contributed by atoms with Crippen molar-refractivity contribution in [3.8, 4) is 0 Å². The Labute approximate surface area is 130 Å². The highest BCUT2D eigenvalue weighted by atomic mass is 16.5. The molecular formula is C17H22N2O3. The second-order valence-corrected chi connectivity index (χ2v) is 5.81. The summed E-state index contributed by atoms with van der Waals surface area (Å²) in [6.07, 6.45) is -0.176. The normalized spacial score (nSPS) is 13.9. The first-order valence-corrected chi connectivity index (χ1v) is 7.48. The summed E-state index contributed by atoms with van der Waals surface area (Å²) in [4.78, 5) is 12.1. The Morgan fingerprint density at radius 3 is 2.55 bits per heavy atom. The number of nitrogens with one attached hydrogen (secondary N) is 1. The Kier molecular flexibility index (Phi) is 5.33. The van der Waals surface area contributed by atoms with Gasteiger partial charge in [-0.25, -0.2) is 0 Å². The van der Waals surface area contributed by atoms with Crippen LogP contribution in [-0.2, 0) is 0 Å². The third-order valence-electron chi connectivity index (χ3n) is 3.47. The predicted molar refractivity (Wildman–Crippen MR) is 83.5 cm³/mol. The number of hydrogen-bond acceptors (Lipinski definition) is 4. The van der Waals surface area contributed by atoms with E-state index in [9.17, 15) is 9.90 Å². The highest BCUT2D eigenvalue weighted by molar-refractivity contribution is 5.92. The number of amides is 1. The van der Waals surface area contributed by atoms with Crippen LogP contribution in [0.25, 0.3) is 0 Å². The number of nitrogens with zero attached hydrogens (tertiary/aromatic N) is 1. The summed E-state index contributed by atoms with van der Waals surface area (Å²) in [7, 11) is 0. The number of aliphatic hydroxyl groups is 1. The molecule has 2 unspecified atom stereocenters. The average molecular weight is 302 g/mol. The molecule has 118 valence electrons. The van der Waals surface area contributed by atoms with Crippen molar-refractivity contribution in [1.29, 1.82) is 0 Å². The van der Waals surface area contributed by atoms with Gasteiger partial charge in [-0.1, -0.05) is 49.3 Å².